The van der Waals surface area contributed by atoms with Crippen molar-refractivity contribution in [2.45, 2.75) is 24.3 Å². The molecule has 6 rings (SSSR count). The van der Waals surface area contributed by atoms with Crippen molar-refractivity contribution in [3.05, 3.63) is 42.1 Å². The lowest BCUT2D eigenvalue weighted by Crippen LogP contribution is -2.52. The van der Waals surface area contributed by atoms with Crippen LogP contribution < -0.4 is 15.0 Å². The number of fused-ring (bicyclic) bond motifs is 2. The quantitative estimate of drug-likeness (QED) is 0.555. The number of nitrogens with zero attached hydrogens (tertiary/aromatic N) is 3. The Bertz CT molecular complexity index is 1400. The number of carbonyl (C=O) groups is 1. The number of aromatic amines is 1. The van der Waals surface area contributed by atoms with Gasteiger partial charge in [0.1, 0.15) is 17.3 Å². The molecule has 3 aromatic rings. The Morgan fingerprint density at radius 2 is 2.06 bits per heavy atom. The van der Waals surface area contributed by atoms with Crippen LogP contribution in [0.2, 0.25) is 0 Å². The summed E-state index contributed by atoms with van der Waals surface area (Å²) in [7, 11) is -3.77. The van der Waals surface area contributed by atoms with Crippen molar-refractivity contribution in [1.29, 1.82) is 0 Å². The highest BCUT2D eigenvalue weighted by atomic mass is 32.2. The summed E-state index contributed by atoms with van der Waals surface area (Å²) in [5, 5.41) is 10.5. The fourth-order valence-corrected chi connectivity index (χ4v) is 6.77. The van der Waals surface area contributed by atoms with E-state index in [1.807, 2.05) is 31.2 Å². The fourth-order valence-electron chi connectivity index (χ4n) is 5.02. The largest absolute Gasteiger partial charge is 0.489 e. The first kappa shape index (κ1) is 22.3. The molecule has 35 heavy (non-hydrogen) atoms. The van der Waals surface area contributed by atoms with E-state index in [1.165, 1.54) is 4.31 Å². The number of hydrogen-bond donors (Lipinski definition) is 2. The minimum Gasteiger partial charge on any atom is -0.489 e. The second kappa shape index (κ2) is 8.51. The lowest BCUT2D eigenvalue weighted by molar-refractivity contribution is -0.119. The van der Waals surface area contributed by atoms with Gasteiger partial charge in [-0.3, -0.25) is 9.89 Å². The van der Waals surface area contributed by atoms with Gasteiger partial charge in [0, 0.05) is 30.2 Å². The monoisotopic (exact) mass is 497 g/mol. The Hall–Kier alpha value is -3.15. The topological polar surface area (TPSA) is 117 Å². The van der Waals surface area contributed by atoms with E-state index in [9.17, 15) is 13.2 Å². The number of anilines is 2. The van der Waals surface area contributed by atoms with Crippen molar-refractivity contribution in [3.8, 4) is 5.75 Å². The normalized spacial score (nSPS) is 20.9. The van der Waals surface area contributed by atoms with Crippen LogP contribution in [0.25, 0.3) is 10.9 Å². The third kappa shape index (κ3) is 3.93. The third-order valence-corrected chi connectivity index (χ3v) is 8.87. The van der Waals surface area contributed by atoms with Gasteiger partial charge < -0.3 is 19.7 Å². The Balaban J connectivity index is 1.16. The van der Waals surface area contributed by atoms with Crippen LogP contribution in [0.4, 0.5) is 11.4 Å². The molecular weight excluding hydrogens is 470 g/mol. The molecule has 2 aromatic carbocycles. The van der Waals surface area contributed by atoms with Crippen molar-refractivity contribution in [2.75, 3.05) is 49.7 Å². The van der Waals surface area contributed by atoms with Crippen molar-refractivity contribution in [3.63, 3.8) is 0 Å². The second-order valence-corrected chi connectivity index (χ2v) is 11.3. The van der Waals surface area contributed by atoms with Gasteiger partial charge in [0.25, 0.3) is 0 Å². The maximum Gasteiger partial charge on any atom is 0.245 e. The predicted octanol–water partition coefficient (Wildman–Crippen LogP) is 2.12. The Kier molecular flexibility index (Phi) is 5.42. The zero-order chi connectivity index (χ0) is 24.2. The van der Waals surface area contributed by atoms with Gasteiger partial charge in [-0.25, -0.2) is 8.42 Å². The maximum absolute atomic E-state index is 13.4. The molecule has 3 aliphatic heterocycles. The molecule has 0 saturated carbocycles. The highest BCUT2D eigenvalue weighted by Crippen LogP contribution is 2.37. The highest BCUT2D eigenvalue weighted by molar-refractivity contribution is 7.89. The summed E-state index contributed by atoms with van der Waals surface area (Å²) in [6.07, 6.45) is 2.07. The second-order valence-electron chi connectivity index (χ2n) is 9.35. The molecular formula is C24H27N5O5S. The first-order chi connectivity index (χ1) is 16.9. The summed E-state index contributed by atoms with van der Waals surface area (Å²) in [6.45, 7) is 5.10. The van der Waals surface area contributed by atoms with Gasteiger partial charge in [0.05, 0.1) is 49.1 Å². The molecule has 4 heterocycles. The summed E-state index contributed by atoms with van der Waals surface area (Å²) in [6, 6.07) is 9.56. The number of aryl methyl sites for hydroxylation is 1. The molecule has 2 fully saturated rings. The van der Waals surface area contributed by atoms with E-state index < -0.39 is 15.9 Å². The lowest BCUT2D eigenvalue weighted by atomic mass is 10.1. The molecule has 0 unspecified atom stereocenters. The summed E-state index contributed by atoms with van der Waals surface area (Å²) in [5.74, 6) is 0.102. The average molecular weight is 498 g/mol. The number of carbonyl (C=O) groups excluding carboxylic acids is 1. The standard InChI is InChI=1S/C24H27N5O5S/c1-15-8-17-11-25-27-23(17)22(9-15)35(31,32)28-5-4-16(12-28)24(30)26-18-2-3-20-21(10-18)34-7-6-29(20)19-13-33-14-19/h2-3,8-11,16,19H,4-7,12-14H2,1H3,(H,25,27)(H,26,30)/t16-/m1/s1. The van der Waals surface area contributed by atoms with Gasteiger partial charge in [-0.2, -0.15) is 9.40 Å². The average Bonchev–Trinajstić information content (AvgIpc) is 3.47. The summed E-state index contributed by atoms with van der Waals surface area (Å²) in [5.41, 5.74) is 2.97. The van der Waals surface area contributed by atoms with Gasteiger partial charge in [0.15, 0.2) is 0 Å². The van der Waals surface area contributed by atoms with Gasteiger partial charge in [-0.05, 0) is 43.2 Å². The molecule has 10 nitrogen and oxygen atoms in total. The molecule has 1 amide bonds. The third-order valence-electron chi connectivity index (χ3n) is 6.98. The molecule has 184 valence electrons. The van der Waals surface area contributed by atoms with Crippen molar-refractivity contribution in [2.24, 2.45) is 5.92 Å². The first-order valence-corrected chi connectivity index (χ1v) is 13.2. The van der Waals surface area contributed by atoms with Crippen LogP contribution in [0.1, 0.15) is 12.0 Å². The summed E-state index contributed by atoms with van der Waals surface area (Å²) >= 11 is 0. The fraction of sp³-hybridized carbons (Fsp3) is 0.417. The van der Waals surface area contributed by atoms with Crippen LogP contribution in [0.5, 0.6) is 5.75 Å². The number of nitrogens with one attached hydrogen (secondary N) is 2. The van der Waals surface area contributed by atoms with E-state index in [0.717, 1.165) is 28.9 Å². The van der Waals surface area contributed by atoms with Crippen LogP contribution in [0.15, 0.2) is 41.4 Å². The van der Waals surface area contributed by atoms with E-state index in [-0.39, 0.29) is 23.9 Å². The summed E-state index contributed by atoms with van der Waals surface area (Å²) < 4.78 is 39.4. The van der Waals surface area contributed by atoms with Crippen molar-refractivity contribution in [1.82, 2.24) is 14.5 Å². The van der Waals surface area contributed by atoms with Gasteiger partial charge >= 0.3 is 0 Å². The number of aromatic nitrogens is 2. The molecule has 2 N–H and O–H groups in total. The first-order valence-electron chi connectivity index (χ1n) is 11.8. The van der Waals surface area contributed by atoms with Crippen LogP contribution in [-0.2, 0) is 19.6 Å². The molecule has 1 atom stereocenters. The van der Waals surface area contributed by atoms with Crippen LogP contribution >= 0.6 is 0 Å². The molecule has 1 aromatic heterocycles. The van der Waals surface area contributed by atoms with E-state index in [4.69, 9.17) is 9.47 Å². The molecule has 3 aliphatic rings. The number of ether oxygens (including phenoxy) is 2. The van der Waals surface area contributed by atoms with Crippen molar-refractivity contribution < 1.29 is 22.7 Å². The van der Waals surface area contributed by atoms with E-state index in [2.05, 4.69) is 20.4 Å². The predicted molar refractivity (Wildman–Crippen MR) is 130 cm³/mol. The number of amides is 1. The van der Waals surface area contributed by atoms with Gasteiger partial charge in [0.2, 0.25) is 15.9 Å². The number of rotatable bonds is 5. The molecule has 11 heteroatoms. The van der Waals surface area contributed by atoms with Crippen molar-refractivity contribution >= 4 is 38.2 Å². The minimum absolute atomic E-state index is 0.134. The zero-order valence-corrected chi connectivity index (χ0v) is 20.2. The number of hydrogen-bond acceptors (Lipinski definition) is 7. The highest BCUT2D eigenvalue weighted by Gasteiger charge is 2.37. The van der Waals surface area contributed by atoms with E-state index in [1.54, 1.807) is 12.3 Å². The van der Waals surface area contributed by atoms with Crippen LogP contribution in [0, 0.1) is 12.8 Å². The lowest BCUT2D eigenvalue weighted by Gasteiger charge is -2.41. The molecule has 0 radical (unpaired) electrons. The van der Waals surface area contributed by atoms with E-state index in [0.29, 0.717) is 43.5 Å². The minimum atomic E-state index is -3.77. The Morgan fingerprint density at radius 3 is 2.86 bits per heavy atom. The summed E-state index contributed by atoms with van der Waals surface area (Å²) in [4.78, 5) is 15.5. The molecule has 0 spiro atoms. The SMILES string of the molecule is Cc1cc(S(=O)(=O)N2CC[C@@H](C(=O)Nc3ccc4c(c3)OCCN4C3COC3)C2)c2[nH]ncc2c1. The molecule has 2 saturated heterocycles. The van der Waals surface area contributed by atoms with Gasteiger partial charge in [-0.15, -0.1) is 0 Å². The van der Waals surface area contributed by atoms with Gasteiger partial charge in [-0.1, -0.05) is 0 Å². The number of sulfonamides is 1. The number of H-pyrrole nitrogens is 1. The van der Waals surface area contributed by atoms with E-state index >= 15 is 0 Å². The van der Waals surface area contributed by atoms with Crippen LogP contribution in [0.3, 0.4) is 0 Å². The van der Waals surface area contributed by atoms with Crippen LogP contribution in [-0.4, -0.2) is 74.3 Å². The molecule has 0 aliphatic carbocycles. The molecule has 0 bridgehead atoms. The number of benzene rings is 2. The smallest absolute Gasteiger partial charge is 0.245 e. The Labute approximate surface area is 203 Å². The maximum atomic E-state index is 13.4. The zero-order valence-electron chi connectivity index (χ0n) is 19.4. The Morgan fingerprint density at radius 1 is 1.20 bits per heavy atom.